The van der Waals surface area contributed by atoms with Crippen LogP contribution in [-0.2, 0) is 4.79 Å². The van der Waals surface area contributed by atoms with Gasteiger partial charge in [-0.05, 0) is 123 Å². The average Bonchev–Trinajstić information content (AvgIpc) is 3.40. The SMILES string of the molecule is CC(CCC(=O)N1CCCC1)C1CCC2C3CCC4CC(O)CCC4(C)C3CCC12C. The number of hydrogen-bond donors (Lipinski definition) is 1. The van der Waals surface area contributed by atoms with Crippen molar-refractivity contribution in [3.05, 3.63) is 0 Å². The molecule has 1 aliphatic heterocycles. The molecule has 3 heteroatoms. The molecule has 9 unspecified atom stereocenters. The van der Waals surface area contributed by atoms with Gasteiger partial charge < -0.3 is 10.0 Å². The highest BCUT2D eigenvalue weighted by Crippen LogP contribution is 2.68. The maximum atomic E-state index is 12.6. The number of fused-ring (bicyclic) bond motifs is 5. The Balaban J connectivity index is 1.25. The molecule has 4 saturated carbocycles. The number of aliphatic hydroxyl groups is 1. The first-order valence-corrected chi connectivity index (χ1v) is 13.8. The van der Waals surface area contributed by atoms with Crippen LogP contribution in [0, 0.1) is 46.3 Å². The lowest BCUT2D eigenvalue weighted by molar-refractivity contribution is -0.132. The molecule has 5 rings (SSSR count). The third-order valence-corrected chi connectivity index (χ3v) is 11.7. The van der Waals surface area contributed by atoms with Gasteiger partial charge in [-0.25, -0.2) is 0 Å². The van der Waals surface area contributed by atoms with E-state index in [1.807, 2.05) is 0 Å². The summed E-state index contributed by atoms with van der Waals surface area (Å²) in [7, 11) is 0. The number of rotatable bonds is 4. The molecule has 9 atom stereocenters. The van der Waals surface area contributed by atoms with Crippen molar-refractivity contribution in [1.82, 2.24) is 4.90 Å². The number of hydrogen-bond acceptors (Lipinski definition) is 2. The number of carbonyl (C=O) groups is 1. The lowest BCUT2D eigenvalue weighted by atomic mass is 9.44. The highest BCUT2D eigenvalue weighted by molar-refractivity contribution is 5.76. The Morgan fingerprint density at radius 2 is 1.68 bits per heavy atom. The van der Waals surface area contributed by atoms with E-state index in [2.05, 4.69) is 25.7 Å². The molecule has 0 aromatic rings. The smallest absolute Gasteiger partial charge is 0.222 e. The molecular formula is C28H47NO2. The van der Waals surface area contributed by atoms with E-state index in [0.29, 0.717) is 22.7 Å². The van der Waals surface area contributed by atoms with E-state index in [1.165, 1.54) is 57.8 Å². The van der Waals surface area contributed by atoms with Crippen LogP contribution in [0.25, 0.3) is 0 Å². The second kappa shape index (κ2) is 8.33. The summed E-state index contributed by atoms with van der Waals surface area (Å²) < 4.78 is 0. The van der Waals surface area contributed by atoms with Crippen LogP contribution in [0.5, 0.6) is 0 Å². The molecule has 1 saturated heterocycles. The predicted octanol–water partition coefficient (Wildman–Crippen LogP) is 6.04. The van der Waals surface area contributed by atoms with Gasteiger partial charge in [-0.15, -0.1) is 0 Å². The van der Waals surface area contributed by atoms with Crippen molar-refractivity contribution in [2.24, 2.45) is 46.3 Å². The largest absolute Gasteiger partial charge is 0.393 e. The Morgan fingerprint density at radius 3 is 2.45 bits per heavy atom. The molecule has 3 nitrogen and oxygen atoms in total. The molecule has 1 heterocycles. The number of nitrogens with zero attached hydrogens (tertiary/aromatic N) is 1. The molecule has 176 valence electrons. The van der Waals surface area contributed by atoms with Crippen molar-refractivity contribution in [3.63, 3.8) is 0 Å². The zero-order valence-electron chi connectivity index (χ0n) is 20.5. The van der Waals surface area contributed by atoms with Gasteiger partial charge in [-0.3, -0.25) is 4.79 Å². The molecule has 0 aromatic carbocycles. The third-order valence-electron chi connectivity index (χ3n) is 11.7. The molecule has 0 aromatic heterocycles. The van der Waals surface area contributed by atoms with Gasteiger partial charge in [0.25, 0.3) is 0 Å². The van der Waals surface area contributed by atoms with Crippen molar-refractivity contribution in [2.45, 2.75) is 110 Å². The van der Waals surface area contributed by atoms with Crippen LogP contribution in [0.4, 0.5) is 0 Å². The molecule has 5 fully saturated rings. The van der Waals surface area contributed by atoms with Gasteiger partial charge >= 0.3 is 0 Å². The maximum Gasteiger partial charge on any atom is 0.222 e. The lowest BCUT2D eigenvalue weighted by Crippen LogP contribution is -2.54. The summed E-state index contributed by atoms with van der Waals surface area (Å²) in [5.74, 6) is 5.37. The summed E-state index contributed by atoms with van der Waals surface area (Å²) in [4.78, 5) is 14.7. The van der Waals surface area contributed by atoms with Crippen molar-refractivity contribution >= 4 is 5.91 Å². The molecule has 5 aliphatic rings. The van der Waals surface area contributed by atoms with E-state index >= 15 is 0 Å². The predicted molar refractivity (Wildman–Crippen MR) is 125 cm³/mol. The van der Waals surface area contributed by atoms with Gasteiger partial charge in [0.2, 0.25) is 5.91 Å². The molecular weight excluding hydrogens is 382 g/mol. The van der Waals surface area contributed by atoms with Crippen molar-refractivity contribution in [2.75, 3.05) is 13.1 Å². The third kappa shape index (κ3) is 3.69. The van der Waals surface area contributed by atoms with Crippen molar-refractivity contribution < 1.29 is 9.90 Å². The van der Waals surface area contributed by atoms with Gasteiger partial charge in [0.1, 0.15) is 0 Å². The van der Waals surface area contributed by atoms with Gasteiger partial charge in [0.05, 0.1) is 6.10 Å². The standard InChI is InChI=1S/C28H47NO2/c1-19(6-11-26(31)29-16-4-5-17-29)23-9-10-24-22-8-7-20-18-21(30)12-14-27(20,2)25(22)13-15-28(23,24)3/h19-25,30H,4-18H2,1-3H3. The fraction of sp³-hybridized carbons (Fsp3) is 0.964. The van der Waals surface area contributed by atoms with Gasteiger partial charge in [0.15, 0.2) is 0 Å². The quantitative estimate of drug-likeness (QED) is 0.591. The van der Waals surface area contributed by atoms with E-state index in [0.717, 1.165) is 68.4 Å². The van der Waals surface area contributed by atoms with E-state index in [-0.39, 0.29) is 6.10 Å². The summed E-state index contributed by atoms with van der Waals surface area (Å²) in [6.07, 6.45) is 16.0. The molecule has 1 amide bonds. The zero-order chi connectivity index (χ0) is 21.8. The van der Waals surface area contributed by atoms with Crippen LogP contribution < -0.4 is 0 Å². The normalized spacial score (nSPS) is 48.1. The van der Waals surface area contributed by atoms with Crippen LogP contribution in [0.3, 0.4) is 0 Å². The second-order valence-electron chi connectivity index (χ2n) is 12.9. The topological polar surface area (TPSA) is 40.5 Å². The first-order chi connectivity index (χ1) is 14.8. The minimum atomic E-state index is -0.0385. The molecule has 1 N–H and O–H groups in total. The molecule has 31 heavy (non-hydrogen) atoms. The summed E-state index contributed by atoms with van der Waals surface area (Å²) in [6, 6.07) is 0. The fourth-order valence-electron chi connectivity index (χ4n) is 9.89. The van der Waals surface area contributed by atoms with Crippen LogP contribution in [0.15, 0.2) is 0 Å². The van der Waals surface area contributed by atoms with Gasteiger partial charge in [-0.1, -0.05) is 20.8 Å². The molecule has 0 bridgehead atoms. The number of amides is 1. The monoisotopic (exact) mass is 429 g/mol. The number of likely N-dealkylation sites (tertiary alicyclic amines) is 1. The van der Waals surface area contributed by atoms with E-state index in [4.69, 9.17) is 0 Å². The summed E-state index contributed by atoms with van der Waals surface area (Å²) in [5.41, 5.74) is 0.976. The number of carbonyl (C=O) groups excluding carboxylic acids is 1. The maximum absolute atomic E-state index is 12.6. The van der Waals surface area contributed by atoms with E-state index < -0.39 is 0 Å². The van der Waals surface area contributed by atoms with Crippen LogP contribution in [0.1, 0.15) is 104 Å². The summed E-state index contributed by atoms with van der Waals surface area (Å²) >= 11 is 0. The first-order valence-electron chi connectivity index (χ1n) is 13.8. The van der Waals surface area contributed by atoms with Crippen molar-refractivity contribution in [3.8, 4) is 0 Å². The minimum absolute atomic E-state index is 0.0385. The molecule has 4 aliphatic carbocycles. The Kier molecular flexibility index (Phi) is 5.98. The molecule has 0 radical (unpaired) electrons. The Hall–Kier alpha value is -0.570. The molecule has 0 spiro atoms. The zero-order valence-corrected chi connectivity index (χ0v) is 20.5. The van der Waals surface area contributed by atoms with E-state index in [1.54, 1.807) is 0 Å². The Morgan fingerprint density at radius 1 is 0.968 bits per heavy atom. The Labute approximate surface area is 190 Å². The van der Waals surface area contributed by atoms with Crippen LogP contribution in [-0.4, -0.2) is 35.1 Å². The number of aliphatic hydroxyl groups excluding tert-OH is 1. The van der Waals surface area contributed by atoms with Crippen LogP contribution in [0.2, 0.25) is 0 Å². The summed E-state index contributed by atoms with van der Waals surface area (Å²) in [6.45, 7) is 9.69. The highest BCUT2D eigenvalue weighted by atomic mass is 16.3. The van der Waals surface area contributed by atoms with Gasteiger partial charge in [-0.2, -0.15) is 0 Å². The van der Waals surface area contributed by atoms with Gasteiger partial charge in [0, 0.05) is 19.5 Å². The summed E-state index contributed by atoms with van der Waals surface area (Å²) in [5, 5.41) is 10.3. The van der Waals surface area contributed by atoms with Crippen molar-refractivity contribution in [1.29, 1.82) is 0 Å². The van der Waals surface area contributed by atoms with E-state index in [9.17, 15) is 9.90 Å². The highest BCUT2D eigenvalue weighted by Gasteiger charge is 2.60. The second-order valence-corrected chi connectivity index (χ2v) is 12.9. The minimum Gasteiger partial charge on any atom is -0.393 e. The van der Waals surface area contributed by atoms with Crippen LogP contribution >= 0.6 is 0 Å². The first kappa shape index (κ1) is 22.2. The lowest BCUT2D eigenvalue weighted by Gasteiger charge is -2.61. The fourth-order valence-corrected chi connectivity index (χ4v) is 9.89. The Bertz CT molecular complexity index is 672. The average molecular weight is 430 g/mol.